The third-order valence-electron chi connectivity index (χ3n) is 8.02. The number of para-hydroxylation sites is 1. The minimum atomic E-state index is -0.669. The van der Waals surface area contributed by atoms with Crippen molar-refractivity contribution in [3.8, 4) is 5.75 Å². The van der Waals surface area contributed by atoms with Crippen LogP contribution < -0.4 is 19.6 Å². The number of thiazole rings is 1. The molecule has 1 aliphatic rings. The van der Waals surface area contributed by atoms with Gasteiger partial charge < -0.3 is 14.0 Å². The fourth-order valence-corrected chi connectivity index (χ4v) is 7.77. The Morgan fingerprint density at radius 2 is 1.85 bits per heavy atom. The summed E-state index contributed by atoms with van der Waals surface area (Å²) in [6.07, 6.45) is 3.98. The number of esters is 1. The van der Waals surface area contributed by atoms with Crippen molar-refractivity contribution in [3.05, 3.63) is 148 Å². The molecule has 4 heterocycles. The predicted molar refractivity (Wildman–Crippen MR) is 189 cm³/mol. The van der Waals surface area contributed by atoms with Crippen LogP contribution in [0, 0.1) is 6.92 Å². The molecule has 3 aromatic carbocycles. The Bertz CT molecular complexity index is 2320. The van der Waals surface area contributed by atoms with Gasteiger partial charge in [-0.2, -0.15) is 0 Å². The van der Waals surface area contributed by atoms with Gasteiger partial charge >= 0.3 is 5.97 Å². The lowest BCUT2D eigenvalue weighted by molar-refractivity contribution is -0.138. The number of ether oxygens (including phenoxy) is 2. The number of hydrogen-bond acceptors (Lipinski definition) is 7. The van der Waals surface area contributed by atoms with E-state index in [1.54, 1.807) is 11.5 Å². The zero-order chi connectivity index (χ0) is 32.5. The van der Waals surface area contributed by atoms with Crippen LogP contribution in [0.15, 0.2) is 112 Å². The van der Waals surface area contributed by atoms with E-state index in [-0.39, 0.29) is 12.2 Å². The van der Waals surface area contributed by atoms with Crippen LogP contribution in [0.2, 0.25) is 5.02 Å². The van der Waals surface area contributed by atoms with Crippen molar-refractivity contribution in [1.82, 2.24) is 9.13 Å². The molecule has 0 aliphatic carbocycles. The predicted octanol–water partition coefficient (Wildman–Crippen LogP) is 6.99. The van der Waals surface area contributed by atoms with Crippen molar-refractivity contribution >= 4 is 62.9 Å². The highest BCUT2D eigenvalue weighted by Gasteiger charge is 2.35. The fraction of sp³-hybridized carbons (Fsp3) is 0.162. The first-order valence-corrected chi connectivity index (χ1v) is 17.3. The maximum Gasteiger partial charge on any atom is 0.338 e. The lowest BCUT2D eigenvalue weighted by Crippen LogP contribution is -2.39. The summed E-state index contributed by atoms with van der Waals surface area (Å²) in [5, 5.41) is 3.68. The van der Waals surface area contributed by atoms with Gasteiger partial charge in [0.15, 0.2) is 4.80 Å². The average Bonchev–Trinajstić information content (AvgIpc) is 3.82. The van der Waals surface area contributed by atoms with E-state index in [1.165, 1.54) is 22.7 Å². The SMILES string of the molecule is CCOC(=O)C1=C(c2ccccc2)N=c2s/c(=C\c3cn(CCOc4ccc(Cl)c(C)c4)c4ccccc34)c(=O)n2C1c1cccs1. The van der Waals surface area contributed by atoms with Crippen LogP contribution in [0.5, 0.6) is 5.75 Å². The van der Waals surface area contributed by atoms with Crippen molar-refractivity contribution in [1.29, 1.82) is 0 Å². The molecule has 0 saturated heterocycles. The van der Waals surface area contributed by atoms with E-state index < -0.39 is 12.0 Å². The molecule has 236 valence electrons. The first kappa shape index (κ1) is 30.9. The number of fused-ring (bicyclic) bond motifs is 2. The number of carbonyl (C=O) groups is 1. The molecule has 0 saturated carbocycles. The second-order valence-electron chi connectivity index (χ2n) is 11.0. The van der Waals surface area contributed by atoms with Gasteiger partial charge in [0.2, 0.25) is 0 Å². The van der Waals surface area contributed by atoms with Crippen LogP contribution in [0.25, 0.3) is 22.7 Å². The highest BCUT2D eigenvalue weighted by Crippen LogP contribution is 2.37. The first-order valence-electron chi connectivity index (χ1n) is 15.2. The average molecular weight is 680 g/mol. The van der Waals surface area contributed by atoms with Crippen molar-refractivity contribution < 1.29 is 14.3 Å². The summed E-state index contributed by atoms with van der Waals surface area (Å²) in [5.74, 6) is 0.281. The van der Waals surface area contributed by atoms with E-state index in [1.807, 2.05) is 91.2 Å². The summed E-state index contributed by atoms with van der Waals surface area (Å²) < 4.78 is 15.9. The van der Waals surface area contributed by atoms with E-state index in [4.69, 9.17) is 26.1 Å². The number of nitrogens with zero attached hydrogens (tertiary/aromatic N) is 3. The fourth-order valence-electron chi connectivity index (χ4n) is 5.84. The van der Waals surface area contributed by atoms with Gasteiger partial charge in [0.05, 0.1) is 29.0 Å². The van der Waals surface area contributed by atoms with Crippen molar-refractivity contribution in [2.45, 2.75) is 26.4 Å². The van der Waals surface area contributed by atoms with E-state index in [0.717, 1.165) is 38.2 Å². The molecule has 7 rings (SSSR count). The number of aromatic nitrogens is 2. The third kappa shape index (κ3) is 5.98. The van der Waals surface area contributed by atoms with E-state index in [2.05, 4.69) is 22.9 Å². The summed E-state index contributed by atoms with van der Waals surface area (Å²) >= 11 is 8.99. The van der Waals surface area contributed by atoms with Crippen molar-refractivity contribution in [3.63, 3.8) is 0 Å². The summed E-state index contributed by atoms with van der Waals surface area (Å²) in [4.78, 5) is 34.2. The Hall–Kier alpha value is -4.70. The van der Waals surface area contributed by atoms with Crippen LogP contribution in [0.3, 0.4) is 0 Å². The number of carbonyl (C=O) groups excluding carboxylic acids is 1. The Labute approximate surface area is 283 Å². The Kier molecular flexibility index (Phi) is 8.68. The minimum Gasteiger partial charge on any atom is -0.492 e. The second-order valence-corrected chi connectivity index (χ2v) is 13.4. The summed E-state index contributed by atoms with van der Waals surface area (Å²) in [6.45, 7) is 5.01. The molecule has 0 amide bonds. The second kappa shape index (κ2) is 13.2. The zero-order valence-corrected chi connectivity index (χ0v) is 28.1. The van der Waals surface area contributed by atoms with Gasteiger partial charge in [-0.3, -0.25) is 9.36 Å². The van der Waals surface area contributed by atoms with Crippen molar-refractivity contribution in [2.24, 2.45) is 4.99 Å². The standard InChI is InChI=1S/C37H30ClN3O4S2/c1-3-44-36(43)32-33(24-10-5-4-6-11-24)39-37-41(34(32)30-14-9-19-46-30)35(42)31(47-37)21-25-22-40(29-13-8-7-12-27(25)29)17-18-45-26-15-16-28(38)23(2)20-26/h4-16,19-22,34H,3,17-18H2,1-2H3/b31-21-. The largest absolute Gasteiger partial charge is 0.492 e. The van der Waals surface area contributed by atoms with Crippen LogP contribution in [0.4, 0.5) is 0 Å². The lowest BCUT2D eigenvalue weighted by atomic mass is 9.97. The van der Waals surface area contributed by atoms with Gasteiger partial charge in [0.1, 0.15) is 18.4 Å². The molecule has 47 heavy (non-hydrogen) atoms. The van der Waals surface area contributed by atoms with Gasteiger partial charge in [0.25, 0.3) is 5.56 Å². The summed E-state index contributed by atoms with van der Waals surface area (Å²) in [5.41, 5.74) is 4.36. The van der Waals surface area contributed by atoms with Crippen LogP contribution in [0.1, 0.15) is 34.5 Å². The van der Waals surface area contributed by atoms with Gasteiger partial charge in [-0.25, -0.2) is 9.79 Å². The molecule has 1 aliphatic heterocycles. The van der Waals surface area contributed by atoms with Gasteiger partial charge in [-0.1, -0.05) is 77.5 Å². The molecule has 1 atom stereocenters. The molecule has 0 N–H and O–H groups in total. The van der Waals surface area contributed by atoms with E-state index in [0.29, 0.717) is 38.8 Å². The first-order chi connectivity index (χ1) is 22.9. The van der Waals surface area contributed by atoms with Crippen LogP contribution in [-0.2, 0) is 16.1 Å². The highest BCUT2D eigenvalue weighted by molar-refractivity contribution is 7.10. The molecular formula is C37H30ClN3O4S2. The Morgan fingerprint density at radius 1 is 1.04 bits per heavy atom. The smallest absolute Gasteiger partial charge is 0.338 e. The monoisotopic (exact) mass is 679 g/mol. The maximum atomic E-state index is 14.3. The third-order valence-corrected chi connectivity index (χ3v) is 10.4. The Balaban J connectivity index is 1.33. The van der Waals surface area contributed by atoms with E-state index in [9.17, 15) is 9.59 Å². The number of halogens is 1. The normalized spacial score (nSPS) is 14.7. The zero-order valence-electron chi connectivity index (χ0n) is 25.7. The highest BCUT2D eigenvalue weighted by atomic mass is 35.5. The Morgan fingerprint density at radius 3 is 2.62 bits per heavy atom. The van der Waals surface area contributed by atoms with Crippen LogP contribution >= 0.6 is 34.3 Å². The molecule has 0 radical (unpaired) electrons. The van der Waals surface area contributed by atoms with Crippen LogP contribution in [-0.4, -0.2) is 28.3 Å². The maximum absolute atomic E-state index is 14.3. The topological polar surface area (TPSA) is 74.8 Å². The number of aryl methyl sites for hydroxylation is 1. The quantitative estimate of drug-likeness (QED) is 0.154. The van der Waals surface area contributed by atoms with Gasteiger partial charge in [-0.05, 0) is 61.2 Å². The minimum absolute atomic E-state index is 0.209. The van der Waals surface area contributed by atoms with Gasteiger partial charge in [-0.15, -0.1) is 11.3 Å². The number of thiophene rings is 1. The molecule has 1 unspecified atom stereocenters. The summed E-state index contributed by atoms with van der Waals surface area (Å²) in [7, 11) is 0. The van der Waals surface area contributed by atoms with E-state index >= 15 is 0 Å². The molecule has 7 nitrogen and oxygen atoms in total. The molecule has 0 spiro atoms. The van der Waals surface area contributed by atoms with Crippen molar-refractivity contribution in [2.75, 3.05) is 13.2 Å². The number of hydrogen-bond donors (Lipinski definition) is 0. The molecule has 0 bridgehead atoms. The molecular weight excluding hydrogens is 650 g/mol. The lowest BCUT2D eigenvalue weighted by Gasteiger charge is -2.24. The molecule has 6 aromatic rings. The summed E-state index contributed by atoms with van der Waals surface area (Å²) in [6, 6.07) is 26.5. The number of benzene rings is 3. The molecule has 10 heteroatoms. The molecule has 0 fully saturated rings. The number of rotatable bonds is 9. The molecule has 3 aromatic heterocycles. The van der Waals surface area contributed by atoms with Gasteiger partial charge in [0, 0.05) is 38.1 Å².